The van der Waals surface area contributed by atoms with Crippen LogP contribution in [0.4, 0.5) is 5.69 Å². The first kappa shape index (κ1) is 28.8. The average Bonchev–Trinajstić information content (AvgIpc) is 2.99. The van der Waals surface area contributed by atoms with E-state index in [-0.39, 0.29) is 18.4 Å². The predicted molar refractivity (Wildman–Crippen MR) is 156 cm³/mol. The van der Waals surface area contributed by atoms with Crippen molar-refractivity contribution in [2.75, 3.05) is 4.90 Å². The Kier molecular flexibility index (Phi) is 9.86. The number of hydrogen-bond donors (Lipinski definition) is 3. The van der Waals surface area contributed by atoms with Gasteiger partial charge in [-0.3, -0.25) is 14.9 Å². The Hall–Kier alpha value is -4.24. The highest BCUT2D eigenvalue weighted by molar-refractivity contribution is 6.30. The average molecular weight is 561 g/mol. The summed E-state index contributed by atoms with van der Waals surface area (Å²) in [7, 11) is 0. The number of anilines is 1. The van der Waals surface area contributed by atoms with E-state index < -0.39 is 12.0 Å². The van der Waals surface area contributed by atoms with Crippen LogP contribution in [0.1, 0.15) is 66.4 Å². The number of nitrogens with one attached hydrogen (secondary N) is 2. The van der Waals surface area contributed by atoms with E-state index in [1.165, 1.54) is 37.7 Å². The molecular formula is C30H33ClN6O3. The number of benzene rings is 3. The third kappa shape index (κ3) is 7.45. The molecule has 1 aliphatic carbocycles. The van der Waals surface area contributed by atoms with Gasteiger partial charge in [-0.15, -0.1) is 10.2 Å². The van der Waals surface area contributed by atoms with Gasteiger partial charge in [-0.1, -0.05) is 61.2 Å². The minimum atomic E-state index is -0.774. The zero-order valence-electron chi connectivity index (χ0n) is 22.3. The van der Waals surface area contributed by atoms with Crippen molar-refractivity contribution in [1.82, 2.24) is 5.32 Å². The van der Waals surface area contributed by atoms with E-state index in [9.17, 15) is 9.59 Å². The molecule has 0 aliphatic heterocycles. The molecule has 0 saturated heterocycles. The number of amides is 2. The number of hydrogen-bond acceptors (Lipinski definition) is 6. The third-order valence-corrected chi connectivity index (χ3v) is 7.25. The van der Waals surface area contributed by atoms with Gasteiger partial charge in [0, 0.05) is 16.3 Å². The molecule has 1 aliphatic rings. The Morgan fingerprint density at radius 1 is 1.07 bits per heavy atom. The quantitative estimate of drug-likeness (QED) is 0.0968. The molecule has 10 heteroatoms. The van der Waals surface area contributed by atoms with Crippen molar-refractivity contribution in [3.63, 3.8) is 0 Å². The van der Waals surface area contributed by atoms with E-state index in [0.29, 0.717) is 22.3 Å². The lowest BCUT2D eigenvalue weighted by atomic mass is 9.84. The van der Waals surface area contributed by atoms with Crippen molar-refractivity contribution in [3.05, 3.63) is 94.5 Å². The lowest BCUT2D eigenvalue weighted by molar-refractivity contribution is -0.124. The van der Waals surface area contributed by atoms with Gasteiger partial charge in [-0.2, -0.15) is 0 Å². The van der Waals surface area contributed by atoms with Gasteiger partial charge < -0.3 is 15.5 Å². The molecule has 1 saturated carbocycles. The van der Waals surface area contributed by atoms with Crippen LogP contribution in [0.25, 0.3) is 0 Å². The molecule has 3 aromatic carbocycles. The highest BCUT2D eigenvalue weighted by atomic mass is 35.5. The summed E-state index contributed by atoms with van der Waals surface area (Å²) >= 11 is 6.10. The Morgan fingerprint density at radius 3 is 2.40 bits per heavy atom. The van der Waals surface area contributed by atoms with Crippen LogP contribution in [0.3, 0.4) is 0 Å². The largest absolute Gasteiger partial charge is 0.481 e. The van der Waals surface area contributed by atoms with E-state index in [0.717, 1.165) is 11.3 Å². The van der Waals surface area contributed by atoms with Crippen molar-refractivity contribution >= 4 is 35.1 Å². The van der Waals surface area contributed by atoms with Gasteiger partial charge in [0.1, 0.15) is 5.75 Å². The van der Waals surface area contributed by atoms with Gasteiger partial charge in [0.15, 0.2) is 6.10 Å². The van der Waals surface area contributed by atoms with E-state index in [4.69, 9.17) is 27.7 Å². The number of guanidine groups is 1. The highest BCUT2D eigenvalue weighted by Crippen LogP contribution is 2.34. The zero-order valence-corrected chi connectivity index (χ0v) is 23.1. The Bertz CT molecular complexity index is 1350. The van der Waals surface area contributed by atoms with Crippen LogP contribution in [0, 0.1) is 5.53 Å². The van der Waals surface area contributed by atoms with Crippen LogP contribution in [0.15, 0.2) is 83.0 Å². The first-order chi connectivity index (χ1) is 19.4. The maximum atomic E-state index is 13.7. The molecule has 0 aromatic heterocycles. The van der Waals surface area contributed by atoms with Gasteiger partial charge in [0.05, 0.1) is 6.54 Å². The second kappa shape index (κ2) is 13.7. The van der Waals surface area contributed by atoms with Crippen LogP contribution in [-0.2, 0) is 11.3 Å². The van der Waals surface area contributed by atoms with Gasteiger partial charge in [0.2, 0.25) is 0 Å². The summed E-state index contributed by atoms with van der Waals surface area (Å²) in [4.78, 5) is 27.8. The van der Waals surface area contributed by atoms with Crippen molar-refractivity contribution in [2.24, 2.45) is 16.1 Å². The highest BCUT2D eigenvalue weighted by Gasteiger charge is 2.25. The molecule has 40 heavy (non-hydrogen) atoms. The topological polar surface area (TPSA) is 133 Å². The van der Waals surface area contributed by atoms with Crippen LogP contribution < -0.4 is 20.8 Å². The molecule has 0 bridgehead atoms. The Balaban J connectivity index is 1.55. The third-order valence-electron chi connectivity index (χ3n) is 7.01. The molecule has 4 rings (SSSR count). The maximum Gasteiger partial charge on any atom is 0.268 e. The number of rotatable bonds is 8. The van der Waals surface area contributed by atoms with Crippen LogP contribution >= 0.6 is 11.6 Å². The Morgan fingerprint density at radius 2 is 1.77 bits per heavy atom. The summed E-state index contributed by atoms with van der Waals surface area (Å²) in [5.74, 6) is 5.17. The minimum absolute atomic E-state index is 0.215. The summed E-state index contributed by atoms with van der Waals surface area (Å²) in [5, 5.41) is 9.16. The van der Waals surface area contributed by atoms with E-state index >= 15 is 0 Å². The molecular weight excluding hydrogens is 528 g/mol. The number of carbonyl (C=O) groups excluding carboxylic acids is 2. The number of ether oxygens (including phenoxy) is 1. The molecule has 4 N–H and O–H groups in total. The SMILES string of the molecule is CC(Oc1cccc(Cl)c1)C(=O)N(Cc1ccc(C(=O)N/C(N=N)=N/N)cc1)c1ccc(C2CCCCC2)cc1. The predicted octanol–water partition coefficient (Wildman–Crippen LogP) is 6.38. The summed E-state index contributed by atoms with van der Waals surface area (Å²) < 4.78 is 5.95. The fraction of sp³-hybridized carbons (Fsp3) is 0.300. The molecule has 1 unspecified atom stereocenters. The summed E-state index contributed by atoms with van der Waals surface area (Å²) in [6, 6.07) is 22.0. The van der Waals surface area contributed by atoms with Crippen LogP contribution in [0.2, 0.25) is 5.02 Å². The first-order valence-electron chi connectivity index (χ1n) is 13.3. The lowest BCUT2D eigenvalue weighted by Crippen LogP contribution is -2.40. The van der Waals surface area contributed by atoms with E-state index in [2.05, 4.69) is 27.7 Å². The van der Waals surface area contributed by atoms with E-state index in [1.807, 2.05) is 12.1 Å². The fourth-order valence-corrected chi connectivity index (χ4v) is 5.06. The molecule has 3 aromatic rings. The number of carbonyl (C=O) groups is 2. The number of halogens is 1. The normalized spacial score (nSPS) is 14.7. The fourth-order valence-electron chi connectivity index (χ4n) is 4.88. The standard InChI is InChI=1S/C30H33ClN6O3/c1-20(40-27-9-5-8-25(31)18-27)29(39)37(26-16-14-23(15-17-26)22-6-3-2-4-7-22)19-21-10-12-24(13-11-21)28(38)34-30(35-32)36-33/h5,8-18,20,22,32H,2-4,6-7,19,33H2,1H3,(H,34,36,38). The monoisotopic (exact) mass is 560 g/mol. The Labute approximate surface area is 238 Å². The molecule has 0 radical (unpaired) electrons. The number of hydrazone groups is 1. The second-order valence-corrected chi connectivity index (χ2v) is 10.2. The van der Waals surface area contributed by atoms with Gasteiger partial charge in [-0.25, -0.2) is 5.53 Å². The van der Waals surface area contributed by atoms with Crippen LogP contribution in [-0.4, -0.2) is 23.9 Å². The molecule has 0 heterocycles. The second-order valence-electron chi connectivity index (χ2n) is 9.78. The lowest BCUT2D eigenvalue weighted by Gasteiger charge is -2.28. The molecule has 2 amide bonds. The smallest absolute Gasteiger partial charge is 0.268 e. The van der Waals surface area contributed by atoms with Crippen LogP contribution in [0.5, 0.6) is 5.75 Å². The molecule has 208 valence electrons. The van der Waals surface area contributed by atoms with Gasteiger partial charge >= 0.3 is 0 Å². The summed E-state index contributed by atoms with van der Waals surface area (Å²) in [6.07, 6.45) is 5.41. The summed E-state index contributed by atoms with van der Waals surface area (Å²) in [6.45, 7) is 1.98. The van der Waals surface area contributed by atoms with Crippen molar-refractivity contribution in [2.45, 2.75) is 57.6 Å². The summed E-state index contributed by atoms with van der Waals surface area (Å²) in [5.41, 5.74) is 10.2. The van der Waals surface area contributed by atoms with Crippen molar-refractivity contribution < 1.29 is 14.3 Å². The van der Waals surface area contributed by atoms with Gasteiger partial charge in [0.25, 0.3) is 17.8 Å². The molecule has 1 fully saturated rings. The van der Waals surface area contributed by atoms with Gasteiger partial charge in [-0.05, 0) is 79.3 Å². The number of nitrogens with zero attached hydrogens (tertiary/aromatic N) is 3. The maximum absolute atomic E-state index is 13.7. The zero-order chi connectivity index (χ0) is 28.5. The van der Waals surface area contributed by atoms with Crippen molar-refractivity contribution in [1.29, 1.82) is 5.53 Å². The minimum Gasteiger partial charge on any atom is -0.481 e. The molecule has 9 nitrogen and oxygen atoms in total. The van der Waals surface area contributed by atoms with E-state index in [1.54, 1.807) is 60.4 Å². The van der Waals surface area contributed by atoms with Crippen molar-refractivity contribution in [3.8, 4) is 5.75 Å². The molecule has 1 atom stereocenters. The number of nitrogens with two attached hydrogens (primary N) is 1. The molecule has 0 spiro atoms. The first-order valence-corrected chi connectivity index (χ1v) is 13.6.